The quantitative estimate of drug-likeness (QED) is 0.926. The number of hydrogen-bond acceptors (Lipinski definition) is 4. The van der Waals surface area contributed by atoms with E-state index in [1.807, 2.05) is 6.92 Å². The lowest BCUT2D eigenvalue weighted by Gasteiger charge is -2.33. The number of nitrogens with one attached hydrogen (secondary N) is 1. The first kappa shape index (κ1) is 16.3. The lowest BCUT2D eigenvalue weighted by molar-refractivity contribution is -0.126. The molecule has 0 bridgehead atoms. The van der Waals surface area contributed by atoms with Crippen molar-refractivity contribution in [3.63, 3.8) is 0 Å². The predicted molar refractivity (Wildman–Crippen MR) is 86.3 cm³/mol. The van der Waals surface area contributed by atoms with Crippen molar-refractivity contribution < 1.29 is 4.79 Å². The summed E-state index contributed by atoms with van der Waals surface area (Å²) < 4.78 is 0. The average molecular weight is 300 g/mol. The van der Waals surface area contributed by atoms with Gasteiger partial charge in [-0.05, 0) is 37.8 Å². The summed E-state index contributed by atoms with van der Waals surface area (Å²) in [5.74, 6) is 1.39. The van der Waals surface area contributed by atoms with Crippen molar-refractivity contribution in [3.8, 4) is 6.07 Å². The highest BCUT2D eigenvalue weighted by Crippen LogP contribution is 2.24. The predicted octanol–water partition coefficient (Wildman–Crippen LogP) is 2.33. The standard InChI is InChI=1S/C17H24N4O/c1-12(2)13(3)20-17(22)14-6-9-21(10-7-14)16-15(11-18)5-4-8-19-16/h4-5,8,12-14H,6-7,9-10H2,1-3H3,(H,20,22). The third-order valence-electron chi connectivity index (χ3n) is 4.44. The number of nitrogens with zero attached hydrogens (tertiary/aromatic N) is 3. The molecule has 22 heavy (non-hydrogen) atoms. The number of piperidine rings is 1. The summed E-state index contributed by atoms with van der Waals surface area (Å²) in [6, 6.07) is 5.94. The molecule has 1 aliphatic rings. The van der Waals surface area contributed by atoms with Crippen LogP contribution in [0.25, 0.3) is 0 Å². The molecule has 0 aromatic carbocycles. The molecule has 0 spiro atoms. The van der Waals surface area contributed by atoms with Crippen molar-refractivity contribution in [2.24, 2.45) is 11.8 Å². The van der Waals surface area contributed by atoms with Crippen LogP contribution in [0.3, 0.4) is 0 Å². The van der Waals surface area contributed by atoms with Gasteiger partial charge >= 0.3 is 0 Å². The van der Waals surface area contributed by atoms with E-state index < -0.39 is 0 Å². The van der Waals surface area contributed by atoms with Crippen LogP contribution in [0.4, 0.5) is 5.82 Å². The molecular formula is C17H24N4O. The van der Waals surface area contributed by atoms with Gasteiger partial charge in [0.25, 0.3) is 0 Å². The van der Waals surface area contributed by atoms with E-state index in [0.29, 0.717) is 11.5 Å². The van der Waals surface area contributed by atoms with Crippen molar-refractivity contribution >= 4 is 11.7 Å². The van der Waals surface area contributed by atoms with Gasteiger partial charge in [0.1, 0.15) is 11.9 Å². The molecule has 1 unspecified atom stereocenters. The second-order valence-corrected chi connectivity index (χ2v) is 6.29. The molecule has 2 rings (SSSR count). The summed E-state index contributed by atoms with van der Waals surface area (Å²) in [4.78, 5) is 18.7. The number of aromatic nitrogens is 1. The molecular weight excluding hydrogens is 276 g/mol. The number of hydrogen-bond donors (Lipinski definition) is 1. The summed E-state index contributed by atoms with van der Waals surface area (Å²) in [6.45, 7) is 7.79. The number of carbonyl (C=O) groups excluding carboxylic acids is 1. The van der Waals surface area contributed by atoms with Crippen LogP contribution in [-0.2, 0) is 4.79 Å². The Hall–Kier alpha value is -2.09. The third-order valence-corrected chi connectivity index (χ3v) is 4.44. The second kappa shape index (κ2) is 7.26. The fraction of sp³-hybridized carbons (Fsp3) is 0.588. The Balaban J connectivity index is 1.93. The normalized spacial score (nSPS) is 17.1. The molecule has 0 saturated carbocycles. The highest BCUT2D eigenvalue weighted by Gasteiger charge is 2.27. The van der Waals surface area contributed by atoms with Crippen LogP contribution in [-0.4, -0.2) is 30.0 Å². The third kappa shape index (κ3) is 3.76. The van der Waals surface area contributed by atoms with Gasteiger partial charge in [-0.2, -0.15) is 5.26 Å². The summed E-state index contributed by atoms with van der Waals surface area (Å²) in [7, 11) is 0. The summed E-state index contributed by atoms with van der Waals surface area (Å²) in [5.41, 5.74) is 0.596. The maximum atomic E-state index is 12.3. The van der Waals surface area contributed by atoms with Crippen molar-refractivity contribution in [2.45, 2.75) is 39.7 Å². The van der Waals surface area contributed by atoms with Crippen LogP contribution in [0.15, 0.2) is 18.3 Å². The number of pyridine rings is 1. The SMILES string of the molecule is CC(C)C(C)NC(=O)C1CCN(c2ncccc2C#N)CC1. The molecule has 1 atom stereocenters. The minimum atomic E-state index is 0.0618. The first-order valence-electron chi connectivity index (χ1n) is 7.93. The second-order valence-electron chi connectivity index (χ2n) is 6.29. The number of nitriles is 1. The van der Waals surface area contributed by atoms with Gasteiger partial charge in [-0.1, -0.05) is 13.8 Å². The molecule has 1 amide bonds. The number of rotatable bonds is 4. The summed E-state index contributed by atoms with van der Waals surface area (Å²) in [6.07, 6.45) is 3.31. The van der Waals surface area contributed by atoms with Gasteiger partial charge in [-0.3, -0.25) is 4.79 Å². The summed E-state index contributed by atoms with van der Waals surface area (Å²) in [5, 5.41) is 12.3. The van der Waals surface area contributed by atoms with Crippen LogP contribution < -0.4 is 10.2 Å². The Morgan fingerprint density at radius 3 is 2.68 bits per heavy atom. The van der Waals surface area contributed by atoms with E-state index in [4.69, 9.17) is 5.26 Å². The molecule has 1 aliphatic heterocycles. The smallest absolute Gasteiger partial charge is 0.223 e. The number of carbonyl (C=O) groups is 1. The monoisotopic (exact) mass is 300 g/mol. The average Bonchev–Trinajstić information content (AvgIpc) is 2.54. The Morgan fingerprint density at radius 1 is 1.41 bits per heavy atom. The van der Waals surface area contributed by atoms with Gasteiger partial charge in [0.2, 0.25) is 5.91 Å². The Kier molecular flexibility index (Phi) is 5.37. The highest BCUT2D eigenvalue weighted by atomic mass is 16.1. The minimum absolute atomic E-state index is 0.0618. The zero-order valence-corrected chi connectivity index (χ0v) is 13.5. The molecule has 5 nitrogen and oxygen atoms in total. The Bertz CT molecular complexity index is 556. The molecule has 0 aliphatic carbocycles. The molecule has 1 N–H and O–H groups in total. The number of amides is 1. The fourth-order valence-electron chi connectivity index (χ4n) is 2.60. The molecule has 2 heterocycles. The van der Waals surface area contributed by atoms with Crippen LogP contribution in [0.1, 0.15) is 39.2 Å². The van der Waals surface area contributed by atoms with Crippen LogP contribution in [0.5, 0.6) is 0 Å². The van der Waals surface area contributed by atoms with Gasteiger partial charge in [-0.15, -0.1) is 0 Å². The van der Waals surface area contributed by atoms with E-state index in [0.717, 1.165) is 31.7 Å². The molecule has 1 fully saturated rings. The zero-order valence-electron chi connectivity index (χ0n) is 13.5. The zero-order chi connectivity index (χ0) is 16.1. The fourth-order valence-corrected chi connectivity index (χ4v) is 2.60. The lowest BCUT2D eigenvalue weighted by atomic mass is 9.94. The summed E-state index contributed by atoms with van der Waals surface area (Å²) >= 11 is 0. The van der Waals surface area contributed by atoms with Gasteiger partial charge in [-0.25, -0.2) is 4.98 Å². The maximum Gasteiger partial charge on any atom is 0.223 e. The van der Waals surface area contributed by atoms with Crippen molar-refractivity contribution in [1.29, 1.82) is 5.26 Å². The largest absolute Gasteiger partial charge is 0.355 e. The minimum Gasteiger partial charge on any atom is -0.355 e. The van der Waals surface area contributed by atoms with E-state index in [-0.39, 0.29) is 17.9 Å². The van der Waals surface area contributed by atoms with Gasteiger partial charge < -0.3 is 10.2 Å². The van der Waals surface area contributed by atoms with E-state index in [1.54, 1.807) is 18.3 Å². The van der Waals surface area contributed by atoms with E-state index in [1.165, 1.54) is 0 Å². The first-order valence-corrected chi connectivity index (χ1v) is 7.93. The van der Waals surface area contributed by atoms with E-state index >= 15 is 0 Å². The first-order chi connectivity index (χ1) is 10.5. The molecule has 1 saturated heterocycles. The van der Waals surface area contributed by atoms with Crippen LogP contribution >= 0.6 is 0 Å². The molecule has 5 heteroatoms. The van der Waals surface area contributed by atoms with Gasteiger partial charge in [0.05, 0.1) is 5.56 Å². The lowest BCUT2D eigenvalue weighted by Crippen LogP contribution is -2.44. The van der Waals surface area contributed by atoms with Crippen molar-refractivity contribution in [3.05, 3.63) is 23.9 Å². The van der Waals surface area contributed by atoms with Gasteiger partial charge in [0.15, 0.2) is 0 Å². The van der Waals surface area contributed by atoms with Crippen LogP contribution in [0, 0.1) is 23.2 Å². The Morgan fingerprint density at radius 2 is 2.09 bits per heavy atom. The molecule has 1 aromatic rings. The van der Waals surface area contributed by atoms with E-state index in [2.05, 4.69) is 35.1 Å². The van der Waals surface area contributed by atoms with Gasteiger partial charge in [0, 0.05) is 31.2 Å². The van der Waals surface area contributed by atoms with Crippen molar-refractivity contribution in [2.75, 3.05) is 18.0 Å². The van der Waals surface area contributed by atoms with E-state index in [9.17, 15) is 4.79 Å². The maximum absolute atomic E-state index is 12.3. The molecule has 118 valence electrons. The van der Waals surface area contributed by atoms with Crippen LogP contribution in [0.2, 0.25) is 0 Å². The highest BCUT2D eigenvalue weighted by molar-refractivity contribution is 5.79. The number of anilines is 1. The topological polar surface area (TPSA) is 69.0 Å². The molecule has 0 radical (unpaired) electrons. The molecule has 1 aromatic heterocycles. The Labute approximate surface area is 132 Å². The van der Waals surface area contributed by atoms with Crippen molar-refractivity contribution in [1.82, 2.24) is 10.3 Å².